The first-order valence-corrected chi connectivity index (χ1v) is 11.3. The summed E-state index contributed by atoms with van der Waals surface area (Å²) in [6, 6.07) is 6.58. The Labute approximate surface area is 201 Å². The maximum absolute atomic E-state index is 14.1. The molecule has 1 amide bonds. The fourth-order valence-corrected chi connectivity index (χ4v) is 4.58. The maximum Gasteiger partial charge on any atom is 0.251 e. The number of amides is 1. The Kier molecular flexibility index (Phi) is 6.55. The molecule has 1 aromatic carbocycles. The second-order valence-corrected chi connectivity index (χ2v) is 10.5. The van der Waals surface area contributed by atoms with Crippen molar-refractivity contribution in [2.45, 2.75) is 77.5 Å². The Morgan fingerprint density at radius 3 is 2.26 bits per heavy atom. The van der Waals surface area contributed by atoms with Gasteiger partial charge in [0.15, 0.2) is 12.0 Å². The third-order valence-electron chi connectivity index (χ3n) is 6.62. The summed E-state index contributed by atoms with van der Waals surface area (Å²) in [4.78, 5) is 38.9. The molecule has 3 rings (SSSR count). The quantitative estimate of drug-likeness (QED) is 0.678. The Morgan fingerprint density at radius 1 is 1.18 bits per heavy atom. The van der Waals surface area contributed by atoms with Gasteiger partial charge in [0.25, 0.3) is 5.91 Å². The smallest absolute Gasteiger partial charge is 0.251 e. The first-order valence-electron chi connectivity index (χ1n) is 11.3. The van der Waals surface area contributed by atoms with Gasteiger partial charge >= 0.3 is 0 Å². The van der Waals surface area contributed by atoms with E-state index < -0.39 is 23.1 Å². The van der Waals surface area contributed by atoms with Crippen molar-refractivity contribution >= 4 is 17.4 Å². The summed E-state index contributed by atoms with van der Waals surface area (Å²) in [7, 11) is 0. The van der Waals surface area contributed by atoms with E-state index >= 15 is 0 Å². The van der Waals surface area contributed by atoms with Gasteiger partial charge in [-0.15, -0.1) is 0 Å². The molecule has 1 N–H and O–H groups in total. The molecule has 0 spiro atoms. The van der Waals surface area contributed by atoms with Gasteiger partial charge in [0.2, 0.25) is 0 Å². The van der Waals surface area contributed by atoms with Gasteiger partial charge in [0, 0.05) is 24.5 Å². The highest BCUT2D eigenvalue weighted by atomic mass is 16.3. The van der Waals surface area contributed by atoms with E-state index in [-0.39, 0.29) is 24.2 Å². The van der Waals surface area contributed by atoms with Gasteiger partial charge in [-0.1, -0.05) is 32.9 Å². The molecule has 34 heavy (non-hydrogen) atoms. The van der Waals surface area contributed by atoms with Gasteiger partial charge in [-0.3, -0.25) is 29.4 Å². The molecule has 2 unspecified atom stereocenters. The van der Waals surface area contributed by atoms with Crippen LogP contribution in [0.5, 0.6) is 0 Å². The molecule has 0 aliphatic carbocycles. The molecule has 8 heteroatoms. The third kappa shape index (κ3) is 4.53. The van der Waals surface area contributed by atoms with E-state index in [1.54, 1.807) is 20.8 Å². The standard InChI is InChI=1S/C26H33N5O3/c1-17-22(29-13-12-28-17)26(7,18(2)32)31(20-10-8-19(9-11-20)24(3,4)5)23(33)21-14-25(6,34)15-30(21)16-27/h8-13,21,34H,14-15H2,1-7H3/t21?,25-,26?/m1/s1. The number of nitriles is 1. The Bertz CT molecular complexity index is 1130. The fraction of sp³-hybridized carbons (Fsp3) is 0.500. The number of hydrogen-bond donors (Lipinski definition) is 1. The van der Waals surface area contributed by atoms with Crippen LogP contribution in [-0.2, 0) is 20.5 Å². The van der Waals surface area contributed by atoms with Crippen LogP contribution in [0.15, 0.2) is 36.7 Å². The Hall–Kier alpha value is -3.31. The van der Waals surface area contributed by atoms with Crippen LogP contribution in [0.1, 0.15) is 64.9 Å². The van der Waals surface area contributed by atoms with Gasteiger partial charge in [-0.25, -0.2) is 0 Å². The van der Waals surface area contributed by atoms with Gasteiger partial charge in [-0.05, 0) is 50.8 Å². The second-order valence-electron chi connectivity index (χ2n) is 10.5. The van der Waals surface area contributed by atoms with E-state index in [1.807, 2.05) is 30.5 Å². The number of likely N-dealkylation sites (tertiary alicyclic amines) is 1. The molecule has 0 radical (unpaired) electrons. The SMILES string of the molecule is CC(=O)C(C)(c1nccnc1C)N(C(=O)C1C[C@@](C)(O)CN1C#N)c1ccc(C(C)(C)C)cc1. The van der Waals surface area contributed by atoms with Crippen molar-refractivity contribution in [2.75, 3.05) is 11.4 Å². The minimum atomic E-state index is -1.48. The highest BCUT2D eigenvalue weighted by Crippen LogP contribution is 2.38. The summed E-state index contributed by atoms with van der Waals surface area (Å²) >= 11 is 0. The number of benzene rings is 1. The van der Waals surface area contributed by atoms with Crippen molar-refractivity contribution in [1.29, 1.82) is 5.26 Å². The highest BCUT2D eigenvalue weighted by Gasteiger charge is 2.51. The zero-order valence-electron chi connectivity index (χ0n) is 21.0. The Morgan fingerprint density at radius 2 is 1.76 bits per heavy atom. The number of aliphatic hydroxyl groups is 1. The average Bonchev–Trinajstić information content (AvgIpc) is 3.08. The van der Waals surface area contributed by atoms with Gasteiger partial charge in [0.1, 0.15) is 11.6 Å². The fourth-order valence-electron chi connectivity index (χ4n) is 4.58. The highest BCUT2D eigenvalue weighted by molar-refractivity contribution is 6.06. The zero-order chi connectivity index (χ0) is 25.5. The lowest BCUT2D eigenvalue weighted by molar-refractivity contribution is -0.129. The number of ketones is 1. The third-order valence-corrected chi connectivity index (χ3v) is 6.62. The van der Waals surface area contributed by atoms with Crippen LogP contribution in [0.3, 0.4) is 0 Å². The maximum atomic E-state index is 14.1. The van der Waals surface area contributed by atoms with Crippen LogP contribution in [0.2, 0.25) is 0 Å². The molecule has 3 atom stereocenters. The van der Waals surface area contributed by atoms with Crippen molar-refractivity contribution in [3.63, 3.8) is 0 Å². The number of nitrogens with zero attached hydrogens (tertiary/aromatic N) is 5. The number of carbonyl (C=O) groups excluding carboxylic acids is 2. The van der Waals surface area contributed by atoms with E-state index in [1.165, 1.54) is 29.1 Å². The molecule has 1 fully saturated rings. The first-order chi connectivity index (χ1) is 15.7. The van der Waals surface area contributed by atoms with Crippen LogP contribution in [-0.4, -0.2) is 49.9 Å². The number of rotatable bonds is 5. The molecule has 0 saturated carbocycles. The predicted octanol–water partition coefficient (Wildman–Crippen LogP) is 3.23. The molecule has 1 saturated heterocycles. The van der Waals surface area contributed by atoms with E-state index in [4.69, 9.17) is 0 Å². The summed E-state index contributed by atoms with van der Waals surface area (Å²) in [6.45, 7) is 12.8. The summed E-state index contributed by atoms with van der Waals surface area (Å²) in [6.07, 6.45) is 5.14. The molecule has 1 aliphatic heterocycles. The summed E-state index contributed by atoms with van der Waals surface area (Å²) in [5.41, 5.74) is -0.304. The van der Waals surface area contributed by atoms with E-state index in [9.17, 15) is 20.0 Å². The second kappa shape index (κ2) is 8.80. The van der Waals surface area contributed by atoms with E-state index in [2.05, 4.69) is 30.7 Å². The summed E-state index contributed by atoms with van der Waals surface area (Å²) in [5.74, 6) is -0.747. The molecule has 0 bridgehead atoms. The molecule has 2 aromatic rings. The van der Waals surface area contributed by atoms with Crippen molar-refractivity contribution < 1.29 is 14.7 Å². The zero-order valence-corrected chi connectivity index (χ0v) is 21.0. The molecular weight excluding hydrogens is 430 g/mol. The van der Waals surface area contributed by atoms with Crippen LogP contribution < -0.4 is 4.90 Å². The summed E-state index contributed by atoms with van der Waals surface area (Å²) in [5, 5.41) is 20.3. The molecular formula is C26H33N5O3. The number of aromatic nitrogens is 2. The minimum absolute atomic E-state index is 0.0393. The number of hydrogen-bond acceptors (Lipinski definition) is 7. The molecule has 1 aromatic heterocycles. The van der Waals surface area contributed by atoms with Gasteiger partial charge in [0.05, 0.1) is 23.5 Å². The van der Waals surface area contributed by atoms with Crippen molar-refractivity contribution in [3.05, 3.63) is 53.6 Å². The molecule has 180 valence electrons. The lowest BCUT2D eigenvalue weighted by Gasteiger charge is -2.41. The van der Waals surface area contributed by atoms with Crippen LogP contribution in [0.25, 0.3) is 0 Å². The normalized spacial score (nSPS) is 22.1. The monoisotopic (exact) mass is 463 g/mol. The lowest BCUT2D eigenvalue weighted by atomic mass is 9.85. The van der Waals surface area contributed by atoms with Crippen molar-refractivity contribution in [3.8, 4) is 6.19 Å². The van der Waals surface area contributed by atoms with E-state index in [0.717, 1.165) is 5.56 Å². The topological polar surface area (TPSA) is 110 Å². The number of carbonyl (C=O) groups is 2. The van der Waals surface area contributed by atoms with Crippen molar-refractivity contribution in [1.82, 2.24) is 14.9 Å². The van der Waals surface area contributed by atoms with Crippen LogP contribution >= 0.6 is 0 Å². The summed E-state index contributed by atoms with van der Waals surface area (Å²) < 4.78 is 0. The van der Waals surface area contributed by atoms with Crippen LogP contribution in [0.4, 0.5) is 5.69 Å². The number of aryl methyl sites for hydroxylation is 1. The number of β-amino-alcohol motifs (C(OH)–C–C–N with tert-alkyl or cyclic N) is 1. The first kappa shape index (κ1) is 25.3. The Balaban J connectivity index is 2.23. The molecule has 2 heterocycles. The molecule has 8 nitrogen and oxygen atoms in total. The predicted molar refractivity (Wildman–Crippen MR) is 129 cm³/mol. The number of anilines is 1. The van der Waals surface area contributed by atoms with Gasteiger partial charge in [-0.2, -0.15) is 5.26 Å². The van der Waals surface area contributed by atoms with Gasteiger partial charge < -0.3 is 5.11 Å². The van der Waals surface area contributed by atoms with Crippen LogP contribution in [0, 0.1) is 18.4 Å². The number of Topliss-reactive ketones (excluding diaryl/α,β-unsaturated/α-hetero) is 1. The lowest BCUT2D eigenvalue weighted by Crippen LogP contribution is -2.57. The largest absolute Gasteiger partial charge is 0.388 e. The minimum Gasteiger partial charge on any atom is -0.388 e. The van der Waals surface area contributed by atoms with E-state index in [0.29, 0.717) is 17.1 Å². The molecule has 1 aliphatic rings. The average molecular weight is 464 g/mol. The van der Waals surface area contributed by atoms with Crippen molar-refractivity contribution in [2.24, 2.45) is 0 Å².